The second-order valence-electron chi connectivity index (χ2n) is 6.24. The maximum atomic E-state index is 12.8. The van der Waals surface area contributed by atoms with Gasteiger partial charge in [0.15, 0.2) is 11.5 Å². The van der Waals surface area contributed by atoms with Crippen molar-refractivity contribution in [2.75, 3.05) is 26.6 Å². The maximum absolute atomic E-state index is 12.8. The van der Waals surface area contributed by atoms with Crippen molar-refractivity contribution in [2.24, 2.45) is 0 Å². The number of imidazole rings is 1. The zero-order chi connectivity index (χ0) is 17.2. The molecule has 7 nitrogen and oxygen atoms in total. The Balaban J connectivity index is 1.47. The highest BCUT2D eigenvalue weighted by atomic mass is 16.7. The topological polar surface area (TPSA) is 65.8 Å². The molecule has 0 saturated heterocycles. The van der Waals surface area contributed by atoms with Gasteiger partial charge in [-0.1, -0.05) is 6.07 Å². The SMILES string of the molecule is CCOCC1CN(C(=O)Cc2ccc3c(c2)OCO3)Cc2cncn21. The number of carbonyl (C=O) groups excluding carboxylic acids is 1. The number of hydrogen-bond donors (Lipinski definition) is 0. The highest BCUT2D eigenvalue weighted by Gasteiger charge is 2.28. The van der Waals surface area contributed by atoms with E-state index < -0.39 is 0 Å². The van der Waals surface area contributed by atoms with Crippen LogP contribution in [-0.2, 0) is 22.5 Å². The summed E-state index contributed by atoms with van der Waals surface area (Å²) in [6.45, 7) is 4.65. The molecule has 1 atom stereocenters. The first-order chi connectivity index (χ1) is 12.2. The van der Waals surface area contributed by atoms with E-state index in [9.17, 15) is 4.79 Å². The van der Waals surface area contributed by atoms with Crippen LogP contribution in [0.5, 0.6) is 11.5 Å². The van der Waals surface area contributed by atoms with Crippen LogP contribution < -0.4 is 9.47 Å². The summed E-state index contributed by atoms with van der Waals surface area (Å²) >= 11 is 0. The molecule has 0 fully saturated rings. The first-order valence-electron chi connectivity index (χ1n) is 8.49. The van der Waals surface area contributed by atoms with Gasteiger partial charge in [0.1, 0.15) is 0 Å². The molecule has 4 rings (SSSR count). The molecule has 7 heteroatoms. The lowest BCUT2D eigenvalue weighted by molar-refractivity contribution is -0.132. The van der Waals surface area contributed by atoms with Crippen LogP contribution in [0.15, 0.2) is 30.7 Å². The van der Waals surface area contributed by atoms with E-state index in [-0.39, 0.29) is 18.7 Å². The lowest BCUT2D eigenvalue weighted by atomic mass is 10.1. The maximum Gasteiger partial charge on any atom is 0.231 e. The summed E-state index contributed by atoms with van der Waals surface area (Å²) in [6, 6.07) is 5.75. The van der Waals surface area contributed by atoms with Crippen LogP contribution in [0.2, 0.25) is 0 Å². The van der Waals surface area contributed by atoms with Gasteiger partial charge in [-0.15, -0.1) is 0 Å². The average molecular weight is 343 g/mol. The highest BCUT2D eigenvalue weighted by molar-refractivity contribution is 5.79. The van der Waals surface area contributed by atoms with Crippen LogP contribution in [0.25, 0.3) is 0 Å². The van der Waals surface area contributed by atoms with E-state index in [4.69, 9.17) is 14.2 Å². The first-order valence-corrected chi connectivity index (χ1v) is 8.49. The van der Waals surface area contributed by atoms with Crippen molar-refractivity contribution in [3.8, 4) is 11.5 Å². The molecular weight excluding hydrogens is 322 g/mol. The third kappa shape index (κ3) is 3.19. The first kappa shape index (κ1) is 16.0. The summed E-state index contributed by atoms with van der Waals surface area (Å²) in [5, 5.41) is 0. The minimum absolute atomic E-state index is 0.0906. The van der Waals surface area contributed by atoms with Crippen LogP contribution in [0.4, 0.5) is 0 Å². The Morgan fingerprint density at radius 3 is 3.12 bits per heavy atom. The predicted octanol–water partition coefficient (Wildman–Crippen LogP) is 1.77. The van der Waals surface area contributed by atoms with Crippen LogP contribution >= 0.6 is 0 Å². The van der Waals surface area contributed by atoms with Crippen LogP contribution in [0, 0.1) is 0 Å². The lowest BCUT2D eigenvalue weighted by Gasteiger charge is -2.34. The van der Waals surface area contributed by atoms with Gasteiger partial charge >= 0.3 is 0 Å². The van der Waals surface area contributed by atoms with E-state index in [1.165, 1.54) is 0 Å². The monoisotopic (exact) mass is 343 g/mol. The molecule has 3 heterocycles. The Labute approximate surface area is 146 Å². The molecule has 132 valence electrons. The number of rotatable bonds is 5. The number of hydrogen-bond acceptors (Lipinski definition) is 5. The molecule has 1 amide bonds. The molecule has 1 unspecified atom stereocenters. The second kappa shape index (κ2) is 6.76. The number of aromatic nitrogens is 2. The molecule has 1 aromatic carbocycles. The minimum atomic E-state index is 0.0906. The highest BCUT2D eigenvalue weighted by Crippen LogP contribution is 2.33. The second-order valence-corrected chi connectivity index (χ2v) is 6.24. The van der Waals surface area contributed by atoms with Gasteiger partial charge < -0.3 is 23.7 Å². The predicted molar refractivity (Wildman–Crippen MR) is 89.4 cm³/mol. The van der Waals surface area contributed by atoms with Crippen LogP contribution in [-0.4, -0.2) is 46.9 Å². The van der Waals surface area contributed by atoms with Gasteiger partial charge in [0.25, 0.3) is 0 Å². The summed E-state index contributed by atoms with van der Waals surface area (Å²) in [7, 11) is 0. The van der Waals surface area contributed by atoms with E-state index in [1.807, 2.05) is 42.5 Å². The van der Waals surface area contributed by atoms with Gasteiger partial charge in [0.2, 0.25) is 12.7 Å². The number of ether oxygens (including phenoxy) is 3. The summed E-state index contributed by atoms with van der Waals surface area (Å²) in [4.78, 5) is 18.9. The Morgan fingerprint density at radius 1 is 1.36 bits per heavy atom. The molecule has 0 radical (unpaired) electrons. The molecule has 0 aliphatic carbocycles. The molecule has 2 aliphatic heterocycles. The molecule has 0 N–H and O–H groups in total. The van der Waals surface area contributed by atoms with Crippen molar-refractivity contribution >= 4 is 5.91 Å². The van der Waals surface area contributed by atoms with Gasteiger partial charge in [0.05, 0.1) is 37.6 Å². The Morgan fingerprint density at radius 2 is 2.24 bits per heavy atom. The fourth-order valence-electron chi connectivity index (χ4n) is 3.30. The third-order valence-corrected chi connectivity index (χ3v) is 4.58. The van der Waals surface area contributed by atoms with E-state index >= 15 is 0 Å². The standard InChI is InChI=1S/C18H21N3O4/c1-2-23-10-15-9-20(8-14-7-19-11-21(14)15)18(22)6-13-3-4-16-17(5-13)25-12-24-16/h3-5,7,11,15H,2,6,8-10,12H2,1H3. The molecule has 2 aromatic rings. The summed E-state index contributed by atoms with van der Waals surface area (Å²) in [5.74, 6) is 1.53. The van der Waals surface area contributed by atoms with Gasteiger partial charge in [0, 0.05) is 19.3 Å². The van der Waals surface area contributed by atoms with Crippen molar-refractivity contribution in [3.63, 3.8) is 0 Å². The van der Waals surface area contributed by atoms with E-state index in [0.29, 0.717) is 38.5 Å². The molecular formula is C18H21N3O4. The van der Waals surface area contributed by atoms with Gasteiger partial charge in [-0.25, -0.2) is 4.98 Å². The van der Waals surface area contributed by atoms with Gasteiger partial charge in [-0.3, -0.25) is 4.79 Å². The quantitative estimate of drug-likeness (QED) is 0.828. The normalized spacial score (nSPS) is 18.3. The summed E-state index contributed by atoms with van der Waals surface area (Å²) in [5.41, 5.74) is 1.96. The van der Waals surface area contributed by atoms with Crippen LogP contribution in [0.3, 0.4) is 0 Å². The molecule has 1 aromatic heterocycles. The van der Waals surface area contributed by atoms with Crippen molar-refractivity contribution < 1.29 is 19.0 Å². The van der Waals surface area contributed by atoms with Crippen molar-refractivity contribution in [2.45, 2.75) is 25.9 Å². The molecule has 0 spiro atoms. The number of benzene rings is 1. The summed E-state index contributed by atoms with van der Waals surface area (Å²) < 4.78 is 18.4. The number of carbonyl (C=O) groups is 1. The Hall–Kier alpha value is -2.54. The van der Waals surface area contributed by atoms with Gasteiger partial charge in [-0.05, 0) is 24.6 Å². The lowest BCUT2D eigenvalue weighted by Crippen LogP contribution is -2.42. The Bertz CT molecular complexity index is 773. The number of nitrogens with zero attached hydrogens (tertiary/aromatic N) is 3. The Kier molecular flexibility index (Phi) is 4.31. The van der Waals surface area contributed by atoms with Gasteiger partial charge in [-0.2, -0.15) is 0 Å². The van der Waals surface area contributed by atoms with E-state index in [2.05, 4.69) is 9.55 Å². The molecule has 0 bridgehead atoms. The fourth-order valence-corrected chi connectivity index (χ4v) is 3.30. The van der Waals surface area contributed by atoms with Crippen molar-refractivity contribution in [3.05, 3.63) is 42.0 Å². The number of fused-ring (bicyclic) bond motifs is 2. The van der Waals surface area contributed by atoms with E-state index in [0.717, 1.165) is 17.0 Å². The van der Waals surface area contributed by atoms with Crippen molar-refractivity contribution in [1.82, 2.24) is 14.5 Å². The van der Waals surface area contributed by atoms with E-state index in [1.54, 1.807) is 0 Å². The molecule has 2 aliphatic rings. The minimum Gasteiger partial charge on any atom is -0.454 e. The molecule has 0 saturated carbocycles. The summed E-state index contributed by atoms with van der Waals surface area (Å²) in [6.07, 6.45) is 3.98. The van der Waals surface area contributed by atoms with Crippen molar-refractivity contribution in [1.29, 1.82) is 0 Å². The molecule has 25 heavy (non-hydrogen) atoms. The average Bonchev–Trinajstić information content (AvgIpc) is 3.27. The third-order valence-electron chi connectivity index (χ3n) is 4.58. The zero-order valence-electron chi connectivity index (χ0n) is 14.2. The largest absolute Gasteiger partial charge is 0.454 e. The smallest absolute Gasteiger partial charge is 0.231 e. The zero-order valence-corrected chi connectivity index (χ0v) is 14.2. The van der Waals surface area contributed by atoms with Crippen LogP contribution in [0.1, 0.15) is 24.2 Å². The number of amides is 1. The fraction of sp³-hybridized carbons (Fsp3) is 0.444.